The molecule has 8 nitrogen and oxygen atoms in total. The van der Waals surface area contributed by atoms with Crippen molar-refractivity contribution in [2.75, 3.05) is 7.11 Å². The lowest BCUT2D eigenvalue weighted by molar-refractivity contribution is -0.385. The highest BCUT2D eigenvalue weighted by atomic mass is 16.6. The third-order valence-corrected chi connectivity index (χ3v) is 4.29. The number of para-hydroxylation sites is 2. The Labute approximate surface area is 155 Å². The maximum absolute atomic E-state index is 12.7. The number of nitro benzene ring substituents is 1. The fourth-order valence-corrected chi connectivity index (χ4v) is 2.87. The first kappa shape index (κ1) is 18.4. The van der Waals surface area contributed by atoms with E-state index in [9.17, 15) is 14.9 Å². The number of nitro groups is 1. The maximum atomic E-state index is 12.7. The Balaban J connectivity index is 1.89. The number of ether oxygens (including phenoxy) is 1. The van der Waals surface area contributed by atoms with Crippen molar-refractivity contribution in [3.8, 4) is 5.75 Å². The van der Waals surface area contributed by atoms with Crippen LogP contribution in [0.2, 0.25) is 0 Å². The summed E-state index contributed by atoms with van der Waals surface area (Å²) in [5.74, 6) is 0.388. The van der Waals surface area contributed by atoms with Gasteiger partial charge in [-0.15, -0.1) is 0 Å². The zero-order valence-electron chi connectivity index (χ0n) is 15.2. The fraction of sp³-hybridized carbons (Fsp3) is 0.263. The summed E-state index contributed by atoms with van der Waals surface area (Å²) in [4.78, 5) is 31.1. The predicted molar refractivity (Wildman–Crippen MR) is 101 cm³/mol. The van der Waals surface area contributed by atoms with Gasteiger partial charge in [0.05, 0.1) is 29.1 Å². The minimum atomic E-state index is -0.575. The van der Waals surface area contributed by atoms with Crippen molar-refractivity contribution in [1.82, 2.24) is 15.3 Å². The highest BCUT2D eigenvalue weighted by Gasteiger charge is 2.24. The number of H-pyrrole nitrogens is 1. The van der Waals surface area contributed by atoms with Gasteiger partial charge < -0.3 is 15.0 Å². The molecule has 1 aromatic heterocycles. The zero-order chi connectivity index (χ0) is 19.6. The second kappa shape index (κ2) is 7.45. The molecular weight excluding hydrogens is 348 g/mol. The molecule has 0 spiro atoms. The molecule has 1 heterocycles. The number of carbonyl (C=O) groups excluding carboxylic acids is 1. The van der Waals surface area contributed by atoms with Crippen LogP contribution in [0.4, 0.5) is 5.69 Å². The summed E-state index contributed by atoms with van der Waals surface area (Å²) in [6.07, 6.45) is 0. The van der Waals surface area contributed by atoms with Crippen molar-refractivity contribution >= 4 is 22.6 Å². The van der Waals surface area contributed by atoms with E-state index in [4.69, 9.17) is 4.74 Å². The van der Waals surface area contributed by atoms with Crippen LogP contribution < -0.4 is 10.1 Å². The summed E-state index contributed by atoms with van der Waals surface area (Å²) >= 11 is 0. The standard InChI is InChI=1S/C19H20N4O4/c1-11(2)17(18-20-13-6-4-5-7-14(13)21-18)22-19(24)12-8-9-16(27-3)15(10-12)23(25)26/h4-11,17H,1-3H3,(H,20,21)(H,22,24)/t17-/m0/s1. The Morgan fingerprint density at radius 2 is 2.00 bits per heavy atom. The van der Waals surface area contributed by atoms with Gasteiger partial charge in [0, 0.05) is 11.6 Å². The lowest BCUT2D eigenvalue weighted by atomic mass is 10.0. The van der Waals surface area contributed by atoms with Crippen molar-refractivity contribution < 1.29 is 14.5 Å². The van der Waals surface area contributed by atoms with Crippen LogP contribution in [-0.2, 0) is 0 Å². The Bertz CT molecular complexity index is 963. The molecule has 0 saturated heterocycles. The Hall–Kier alpha value is -3.42. The average Bonchev–Trinajstić information content (AvgIpc) is 3.08. The summed E-state index contributed by atoms with van der Waals surface area (Å²) in [5.41, 5.74) is 1.62. The van der Waals surface area contributed by atoms with E-state index in [1.807, 2.05) is 38.1 Å². The Morgan fingerprint density at radius 3 is 2.63 bits per heavy atom. The van der Waals surface area contributed by atoms with Gasteiger partial charge >= 0.3 is 5.69 Å². The summed E-state index contributed by atoms with van der Waals surface area (Å²) in [5, 5.41) is 14.1. The normalized spacial score (nSPS) is 12.1. The minimum absolute atomic E-state index is 0.0581. The van der Waals surface area contributed by atoms with E-state index in [1.54, 1.807) is 0 Å². The van der Waals surface area contributed by atoms with E-state index in [2.05, 4.69) is 15.3 Å². The summed E-state index contributed by atoms with van der Waals surface area (Å²) in [7, 11) is 1.35. The van der Waals surface area contributed by atoms with E-state index >= 15 is 0 Å². The van der Waals surface area contributed by atoms with Crippen molar-refractivity contribution in [3.63, 3.8) is 0 Å². The molecule has 2 aromatic carbocycles. The molecule has 0 radical (unpaired) electrons. The third kappa shape index (κ3) is 3.74. The molecule has 27 heavy (non-hydrogen) atoms. The van der Waals surface area contributed by atoms with E-state index in [0.29, 0.717) is 5.82 Å². The topological polar surface area (TPSA) is 110 Å². The molecule has 8 heteroatoms. The van der Waals surface area contributed by atoms with Crippen LogP contribution in [-0.4, -0.2) is 27.9 Å². The SMILES string of the molecule is COc1ccc(C(=O)N[C@H](c2nc3ccccc3[nH]2)C(C)C)cc1[N+](=O)[O-]. The van der Waals surface area contributed by atoms with Crippen molar-refractivity contribution in [2.45, 2.75) is 19.9 Å². The van der Waals surface area contributed by atoms with Gasteiger partial charge in [-0.1, -0.05) is 26.0 Å². The van der Waals surface area contributed by atoms with Crippen molar-refractivity contribution in [2.24, 2.45) is 5.92 Å². The van der Waals surface area contributed by atoms with E-state index in [1.165, 1.54) is 25.3 Å². The Kier molecular flexibility index (Phi) is 5.07. The molecule has 0 fully saturated rings. The van der Waals surface area contributed by atoms with Gasteiger partial charge in [-0.3, -0.25) is 14.9 Å². The molecule has 0 bridgehead atoms. The van der Waals surface area contributed by atoms with Gasteiger partial charge in [-0.25, -0.2) is 4.98 Å². The second-order valence-corrected chi connectivity index (χ2v) is 6.48. The number of hydrogen-bond acceptors (Lipinski definition) is 5. The first-order valence-corrected chi connectivity index (χ1v) is 8.48. The molecule has 0 aliphatic rings. The highest BCUT2D eigenvalue weighted by Crippen LogP contribution is 2.28. The number of carbonyl (C=O) groups is 1. The van der Waals surface area contributed by atoms with E-state index in [0.717, 1.165) is 11.0 Å². The summed E-state index contributed by atoms with van der Waals surface area (Å²) < 4.78 is 4.98. The van der Waals surface area contributed by atoms with E-state index < -0.39 is 10.8 Å². The van der Waals surface area contributed by atoms with Crippen LogP contribution in [0.25, 0.3) is 11.0 Å². The predicted octanol–water partition coefficient (Wildman–Crippen LogP) is 3.61. The molecular formula is C19H20N4O4. The molecule has 2 N–H and O–H groups in total. The van der Waals surface area contributed by atoms with E-state index in [-0.39, 0.29) is 29.0 Å². The maximum Gasteiger partial charge on any atom is 0.311 e. The van der Waals surface area contributed by atoms with Gasteiger partial charge in [0.2, 0.25) is 0 Å². The molecule has 1 amide bonds. The minimum Gasteiger partial charge on any atom is -0.490 e. The van der Waals surface area contributed by atoms with Crippen LogP contribution in [0.3, 0.4) is 0 Å². The monoisotopic (exact) mass is 368 g/mol. The van der Waals surface area contributed by atoms with Crippen molar-refractivity contribution in [3.05, 3.63) is 64.0 Å². The molecule has 0 aliphatic heterocycles. The smallest absolute Gasteiger partial charge is 0.311 e. The second-order valence-electron chi connectivity index (χ2n) is 6.48. The van der Waals surface area contributed by atoms with Crippen LogP contribution >= 0.6 is 0 Å². The molecule has 140 valence electrons. The third-order valence-electron chi connectivity index (χ3n) is 4.29. The zero-order valence-corrected chi connectivity index (χ0v) is 15.2. The van der Waals surface area contributed by atoms with Crippen LogP contribution in [0.15, 0.2) is 42.5 Å². The fourth-order valence-electron chi connectivity index (χ4n) is 2.87. The van der Waals surface area contributed by atoms with Crippen LogP contribution in [0, 0.1) is 16.0 Å². The Morgan fingerprint density at radius 1 is 1.26 bits per heavy atom. The number of aromatic nitrogens is 2. The number of hydrogen-bond donors (Lipinski definition) is 2. The van der Waals surface area contributed by atoms with Crippen LogP contribution in [0.1, 0.15) is 36.1 Å². The molecule has 1 atom stereocenters. The number of imidazole rings is 1. The number of amides is 1. The van der Waals surface area contributed by atoms with Gasteiger partial charge in [-0.05, 0) is 30.2 Å². The lowest BCUT2D eigenvalue weighted by Crippen LogP contribution is -2.32. The summed E-state index contributed by atoms with van der Waals surface area (Å²) in [6, 6.07) is 11.4. The molecule has 0 saturated carbocycles. The number of nitrogens with zero attached hydrogens (tertiary/aromatic N) is 2. The van der Waals surface area contributed by atoms with Gasteiger partial charge in [-0.2, -0.15) is 0 Å². The van der Waals surface area contributed by atoms with Gasteiger partial charge in [0.1, 0.15) is 5.82 Å². The van der Waals surface area contributed by atoms with Crippen molar-refractivity contribution in [1.29, 1.82) is 0 Å². The number of rotatable bonds is 6. The van der Waals surface area contributed by atoms with Gasteiger partial charge in [0.15, 0.2) is 5.75 Å². The first-order valence-electron chi connectivity index (χ1n) is 8.48. The number of benzene rings is 2. The molecule has 3 aromatic rings. The van der Waals surface area contributed by atoms with Crippen LogP contribution in [0.5, 0.6) is 5.75 Å². The molecule has 3 rings (SSSR count). The first-order chi connectivity index (χ1) is 12.9. The summed E-state index contributed by atoms with van der Waals surface area (Å²) in [6.45, 7) is 3.93. The quantitative estimate of drug-likeness (QED) is 0.510. The largest absolute Gasteiger partial charge is 0.490 e. The number of methoxy groups -OCH3 is 1. The molecule has 0 aliphatic carbocycles. The number of fused-ring (bicyclic) bond motifs is 1. The molecule has 0 unspecified atom stereocenters. The number of nitrogens with one attached hydrogen (secondary N) is 2. The number of aromatic amines is 1. The van der Waals surface area contributed by atoms with Gasteiger partial charge in [0.25, 0.3) is 5.91 Å². The highest BCUT2D eigenvalue weighted by molar-refractivity contribution is 5.95. The lowest BCUT2D eigenvalue weighted by Gasteiger charge is -2.20. The average molecular weight is 368 g/mol.